The Morgan fingerprint density at radius 1 is 0.308 bits per heavy atom. The molecular weight excluding hydrogens is 472 g/mol. The van der Waals surface area contributed by atoms with Gasteiger partial charge in [0.2, 0.25) is 0 Å². The van der Waals surface area contributed by atoms with E-state index in [-0.39, 0.29) is 0 Å². The maximum absolute atomic E-state index is 2.34. The molecule has 0 aliphatic rings. The fourth-order valence-corrected chi connectivity index (χ4v) is 5.67. The second kappa shape index (κ2) is 9.66. The molecule has 2 heterocycles. The molecule has 186 valence electrons. The number of hydrogen-bond donors (Lipinski definition) is 0. The number of para-hydroxylation sites is 5. The lowest BCUT2D eigenvalue weighted by molar-refractivity contribution is 1.17. The van der Waals surface area contributed by atoms with Crippen molar-refractivity contribution in [2.75, 3.05) is 0 Å². The SMILES string of the molecule is Cc1ccc(-n2c3ccccc3c3ccccc32)cc1.c1ccc(-n2c3ccccc3c3ccccc32)cc1. The lowest BCUT2D eigenvalue weighted by atomic mass is 10.2. The summed E-state index contributed by atoms with van der Waals surface area (Å²) in [5.41, 5.74) is 8.75. The van der Waals surface area contributed by atoms with E-state index in [1.54, 1.807) is 0 Å². The van der Waals surface area contributed by atoms with Gasteiger partial charge in [0.05, 0.1) is 22.1 Å². The van der Waals surface area contributed by atoms with Gasteiger partial charge in [0, 0.05) is 32.9 Å². The molecule has 2 nitrogen and oxygen atoms in total. The minimum absolute atomic E-state index is 1.21. The van der Waals surface area contributed by atoms with Gasteiger partial charge in [-0.3, -0.25) is 0 Å². The molecule has 0 radical (unpaired) electrons. The molecule has 6 aromatic carbocycles. The van der Waals surface area contributed by atoms with Crippen LogP contribution in [0.2, 0.25) is 0 Å². The zero-order valence-corrected chi connectivity index (χ0v) is 21.8. The van der Waals surface area contributed by atoms with E-state index >= 15 is 0 Å². The Kier molecular flexibility index (Phi) is 5.71. The number of aromatic nitrogens is 2. The first-order chi connectivity index (χ1) is 19.3. The van der Waals surface area contributed by atoms with Crippen LogP contribution in [0, 0.1) is 6.92 Å². The van der Waals surface area contributed by atoms with Crippen molar-refractivity contribution in [3.63, 3.8) is 0 Å². The Balaban J connectivity index is 0.000000130. The van der Waals surface area contributed by atoms with Gasteiger partial charge in [-0.05, 0) is 55.5 Å². The quantitative estimate of drug-likeness (QED) is 0.223. The van der Waals surface area contributed by atoms with Crippen molar-refractivity contribution in [3.8, 4) is 11.4 Å². The first kappa shape index (κ1) is 23.1. The van der Waals surface area contributed by atoms with Gasteiger partial charge in [-0.15, -0.1) is 0 Å². The lowest BCUT2D eigenvalue weighted by Crippen LogP contribution is -1.93. The van der Waals surface area contributed by atoms with Gasteiger partial charge in [0.1, 0.15) is 0 Å². The van der Waals surface area contributed by atoms with Crippen molar-refractivity contribution in [3.05, 3.63) is 157 Å². The van der Waals surface area contributed by atoms with Gasteiger partial charge in [-0.25, -0.2) is 0 Å². The van der Waals surface area contributed by atoms with Crippen molar-refractivity contribution in [2.45, 2.75) is 6.92 Å². The highest BCUT2D eigenvalue weighted by molar-refractivity contribution is 6.10. The summed E-state index contributed by atoms with van der Waals surface area (Å²) in [6, 6.07) is 53.6. The first-order valence-electron chi connectivity index (χ1n) is 13.4. The molecule has 8 aromatic rings. The van der Waals surface area contributed by atoms with E-state index in [2.05, 4.69) is 168 Å². The van der Waals surface area contributed by atoms with Gasteiger partial charge in [-0.1, -0.05) is 109 Å². The maximum Gasteiger partial charge on any atom is 0.0541 e. The third kappa shape index (κ3) is 3.98. The molecule has 2 aromatic heterocycles. The number of rotatable bonds is 2. The number of benzene rings is 6. The lowest BCUT2D eigenvalue weighted by Gasteiger charge is -2.07. The van der Waals surface area contributed by atoms with E-state index < -0.39 is 0 Å². The standard InChI is InChI=1S/C19H15N.C18H13N/c1-14-10-12-15(13-11-14)20-18-8-4-2-6-16(18)17-7-3-5-9-19(17)20;1-2-8-14(9-3-1)19-17-12-6-4-10-15(17)16-11-5-7-13-18(16)19/h2-13H,1H3;1-13H. The summed E-state index contributed by atoms with van der Waals surface area (Å²) >= 11 is 0. The summed E-state index contributed by atoms with van der Waals surface area (Å²) < 4.78 is 4.66. The second-order valence-electron chi connectivity index (χ2n) is 9.91. The summed E-state index contributed by atoms with van der Waals surface area (Å²) in [5.74, 6) is 0. The van der Waals surface area contributed by atoms with Crippen LogP contribution in [0.3, 0.4) is 0 Å². The topological polar surface area (TPSA) is 9.86 Å². The molecule has 0 aliphatic carbocycles. The summed E-state index contributed by atoms with van der Waals surface area (Å²) in [6.45, 7) is 2.12. The summed E-state index contributed by atoms with van der Waals surface area (Å²) in [7, 11) is 0. The zero-order valence-electron chi connectivity index (χ0n) is 21.8. The molecule has 2 heteroatoms. The molecule has 0 saturated heterocycles. The van der Waals surface area contributed by atoms with Crippen LogP contribution in [0.4, 0.5) is 0 Å². The second-order valence-corrected chi connectivity index (χ2v) is 9.91. The highest BCUT2D eigenvalue weighted by atomic mass is 15.0. The monoisotopic (exact) mass is 500 g/mol. The molecule has 39 heavy (non-hydrogen) atoms. The third-order valence-electron chi connectivity index (χ3n) is 7.47. The van der Waals surface area contributed by atoms with Crippen LogP contribution in [0.5, 0.6) is 0 Å². The average Bonchev–Trinajstić information content (AvgIpc) is 3.52. The number of nitrogens with zero attached hydrogens (tertiary/aromatic N) is 2. The Morgan fingerprint density at radius 2 is 0.615 bits per heavy atom. The predicted molar refractivity (Wildman–Crippen MR) is 166 cm³/mol. The molecule has 0 spiro atoms. The molecule has 0 fully saturated rings. The van der Waals surface area contributed by atoms with E-state index in [1.165, 1.54) is 60.5 Å². The zero-order chi connectivity index (χ0) is 26.2. The Hall–Kier alpha value is -5.08. The van der Waals surface area contributed by atoms with Gasteiger partial charge >= 0.3 is 0 Å². The predicted octanol–water partition coefficient (Wildman–Crippen LogP) is 9.88. The third-order valence-corrected chi connectivity index (χ3v) is 7.47. The van der Waals surface area contributed by atoms with E-state index in [9.17, 15) is 0 Å². The fraction of sp³-hybridized carbons (Fsp3) is 0.0270. The smallest absolute Gasteiger partial charge is 0.0541 e. The van der Waals surface area contributed by atoms with Gasteiger partial charge < -0.3 is 9.13 Å². The van der Waals surface area contributed by atoms with E-state index in [4.69, 9.17) is 0 Å². The Morgan fingerprint density at radius 3 is 1.00 bits per heavy atom. The van der Waals surface area contributed by atoms with Gasteiger partial charge in [0.25, 0.3) is 0 Å². The highest BCUT2D eigenvalue weighted by Gasteiger charge is 2.11. The highest BCUT2D eigenvalue weighted by Crippen LogP contribution is 2.32. The van der Waals surface area contributed by atoms with Crippen molar-refractivity contribution >= 4 is 43.6 Å². The normalized spacial score (nSPS) is 11.2. The van der Waals surface area contributed by atoms with Crippen molar-refractivity contribution in [1.29, 1.82) is 0 Å². The number of aryl methyl sites for hydroxylation is 1. The molecule has 0 aliphatic heterocycles. The Bertz CT molecular complexity index is 1950. The maximum atomic E-state index is 2.34. The number of fused-ring (bicyclic) bond motifs is 6. The molecule has 0 bridgehead atoms. The molecule has 0 atom stereocenters. The first-order valence-corrected chi connectivity index (χ1v) is 13.4. The number of hydrogen-bond acceptors (Lipinski definition) is 0. The van der Waals surface area contributed by atoms with Crippen molar-refractivity contribution < 1.29 is 0 Å². The van der Waals surface area contributed by atoms with Gasteiger partial charge in [-0.2, -0.15) is 0 Å². The van der Waals surface area contributed by atoms with E-state index in [0.717, 1.165) is 0 Å². The van der Waals surface area contributed by atoms with Crippen LogP contribution < -0.4 is 0 Å². The Labute approximate surface area is 228 Å². The van der Waals surface area contributed by atoms with Crippen molar-refractivity contribution in [1.82, 2.24) is 9.13 Å². The molecule has 8 rings (SSSR count). The molecule has 0 amide bonds. The largest absolute Gasteiger partial charge is 0.309 e. The minimum Gasteiger partial charge on any atom is -0.309 e. The molecule has 0 unspecified atom stereocenters. The van der Waals surface area contributed by atoms with Crippen LogP contribution >= 0.6 is 0 Å². The summed E-state index contributed by atoms with van der Waals surface area (Å²) in [4.78, 5) is 0. The summed E-state index contributed by atoms with van der Waals surface area (Å²) in [6.07, 6.45) is 0. The van der Waals surface area contributed by atoms with Crippen LogP contribution in [0.25, 0.3) is 55.0 Å². The van der Waals surface area contributed by atoms with E-state index in [1.807, 2.05) is 0 Å². The van der Waals surface area contributed by atoms with Crippen LogP contribution in [-0.4, -0.2) is 9.13 Å². The van der Waals surface area contributed by atoms with Gasteiger partial charge in [0.15, 0.2) is 0 Å². The van der Waals surface area contributed by atoms with Crippen LogP contribution in [0.15, 0.2) is 152 Å². The van der Waals surface area contributed by atoms with E-state index in [0.29, 0.717) is 0 Å². The van der Waals surface area contributed by atoms with Crippen molar-refractivity contribution in [2.24, 2.45) is 0 Å². The summed E-state index contributed by atoms with van der Waals surface area (Å²) in [5, 5.41) is 5.23. The molecular formula is C37H28N2. The minimum atomic E-state index is 1.21. The van der Waals surface area contributed by atoms with Crippen LogP contribution in [0.1, 0.15) is 5.56 Å². The molecule has 0 saturated carbocycles. The van der Waals surface area contributed by atoms with Crippen LogP contribution in [-0.2, 0) is 0 Å². The average molecular weight is 501 g/mol. The fourth-order valence-electron chi connectivity index (χ4n) is 5.67. The molecule has 0 N–H and O–H groups in total.